The lowest BCUT2D eigenvalue weighted by molar-refractivity contribution is -0.136. The van der Waals surface area contributed by atoms with Gasteiger partial charge in [0.05, 0.1) is 31.5 Å². The van der Waals surface area contributed by atoms with E-state index in [0.29, 0.717) is 35.0 Å². The molecule has 1 atom stereocenters. The number of hydrogen-bond donors (Lipinski definition) is 1. The van der Waals surface area contributed by atoms with Gasteiger partial charge in [0.15, 0.2) is 6.61 Å². The van der Waals surface area contributed by atoms with Crippen LogP contribution < -0.4 is 19.7 Å². The van der Waals surface area contributed by atoms with Crippen molar-refractivity contribution >= 4 is 29.5 Å². The molecule has 1 fully saturated rings. The third-order valence-corrected chi connectivity index (χ3v) is 6.23. The smallest absolute Gasteiger partial charge is 0.340 e. The average Bonchev–Trinajstić information content (AvgIpc) is 3.53. The molecule has 0 saturated carbocycles. The van der Waals surface area contributed by atoms with Gasteiger partial charge in [-0.05, 0) is 67.8 Å². The molecule has 2 aliphatic rings. The van der Waals surface area contributed by atoms with Crippen LogP contribution >= 0.6 is 0 Å². The largest absolute Gasteiger partial charge is 0.497 e. The maximum Gasteiger partial charge on any atom is 0.340 e. The first-order valence-corrected chi connectivity index (χ1v) is 12.0. The third-order valence-electron chi connectivity index (χ3n) is 6.23. The van der Waals surface area contributed by atoms with Gasteiger partial charge in [0, 0.05) is 24.5 Å². The number of rotatable bonds is 9. The molecule has 9 heteroatoms. The molecule has 0 unspecified atom stereocenters. The molecule has 1 saturated heterocycles. The monoisotopic (exact) mass is 506 g/mol. The van der Waals surface area contributed by atoms with Crippen LogP contribution in [-0.2, 0) is 23.9 Å². The highest BCUT2D eigenvalue weighted by atomic mass is 16.5. The molecule has 2 aliphatic heterocycles. The number of nitrogens with one attached hydrogen (secondary N) is 1. The highest BCUT2D eigenvalue weighted by Crippen LogP contribution is 2.36. The number of carbonyl (C=O) groups is 3. The van der Waals surface area contributed by atoms with Crippen molar-refractivity contribution in [2.24, 2.45) is 0 Å². The summed E-state index contributed by atoms with van der Waals surface area (Å²) in [5.41, 5.74) is 2.19. The predicted octanol–water partition coefficient (Wildman–Crippen LogP) is 3.25. The number of amides is 2. The van der Waals surface area contributed by atoms with Crippen molar-refractivity contribution in [3.63, 3.8) is 0 Å². The lowest BCUT2D eigenvalue weighted by atomic mass is 10.0. The summed E-state index contributed by atoms with van der Waals surface area (Å²) in [6.45, 7) is 2.81. The molecule has 1 N–H and O–H groups in total. The molecule has 2 heterocycles. The number of ether oxygens (including phenoxy) is 4. The standard InChI is InChI=1S/C28H30N2O7/c1-18-26(28(33)35-3)24(27(32)30(18)20-8-12-21(34-2)13-9-20)15-19-6-10-22(11-7-19)37-17-25(31)29-16-23-5-4-14-36-23/h6-13,15,23H,4-5,14,16-17H2,1-3H3,(H,29,31)/b24-15-/t23-/m0/s1. The normalized spacial score (nSPS) is 18.4. The Hall–Kier alpha value is -4.11. The lowest BCUT2D eigenvalue weighted by Crippen LogP contribution is -2.35. The van der Waals surface area contributed by atoms with Crippen molar-refractivity contribution < 1.29 is 33.3 Å². The summed E-state index contributed by atoms with van der Waals surface area (Å²) in [6.07, 6.45) is 3.67. The first-order valence-electron chi connectivity index (χ1n) is 12.0. The topological polar surface area (TPSA) is 103 Å². The highest BCUT2D eigenvalue weighted by Gasteiger charge is 2.37. The molecule has 0 aliphatic carbocycles. The highest BCUT2D eigenvalue weighted by molar-refractivity contribution is 6.23. The first-order chi connectivity index (χ1) is 17.9. The summed E-state index contributed by atoms with van der Waals surface area (Å²) < 4.78 is 21.2. The Morgan fingerprint density at radius 2 is 1.78 bits per heavy atom. The van der Waals surface area contributed by atoms with E-state index in [0.717, 1.165) is 19.4 Å². The number of benzene rings is 2. The summed E-state index contributed by atoms with van der Waals surface area (Å²) in [6, 6.07) is 13.9. The van der Waals surface area contributed by atoms with Crippen molar-refractivity contribution in [1.29, 1.82) is 0 Å². The maximum atomic E-state index is 13.4. The van der Waals surface area contributed by atoms with Crippen LogP contribution in [0.2, 0.25) is 0 Å². The van der Waals surface area contributed by atoms with Gasteiger partial charge >= 0.3 is 5.97 Å². The van der Waals surface area contributed by atoms with Gasteiger partial charge in [-0.1, -0.05) is 12.1 Å². The molecule has 9 nitrogen and oxygen atoms in total. The average molecular weight is 507 g/mol. The van der Waals surface area contributed by atoms with Crippen LogP contribution in [0.15, 0.2) is 65.4 Å². The first kappa shape index (κ1) is 26.0. The number of carbonyl (C=O) groups excluding carboxylic acids is 3. The summed E-state index contributed by atoms with van der Waals surface area (Å²) in [4.78, 5) is 39.5. The minimum absolute atomic E-state index is 0.0720. The molecule has 2 aromatic rings. The van der Waals surface area contributed by atoms with E-state index >= 15 is 0 Å². The van der Waals surface area contributed by atoms with E-state index < -0.39 is 5.97 Å². The Labute approximate surface area is 215 Å². The van der Waals surface area contributed by atoms with Crippen LogP contribution in [0.25, 0.3) is 6.08 Å². The summed E-state index contributed by atoms with van der Waals surface area (Å²) in [5, 5.41) is 2.81. The molecule has 0 spiro atoms. The van der Waals surface area contributed by atoms with Crippen LogP contribution in [0.1, 0.15) is 25.3 Å². The number of nitrogens with zero attached hydrogens (tertiary/aromatic N) is 1. The van der Waals surface area contributed by atoms with Gasteiger partial charge in [-0.2, -0.15) is 0 Å². The number of methoxy groups -OCH3 is 2. The van der Waals surface area contributed by atoms with Gasteiger partial charge in [0.25, 0.3) is 11.8 Å². The lowest BCUT2D eigenvalue weighted by Gasteiger charge is -2.18. The Morgan fingerprint density at radius 1 is 1.08 bits per heavy atom. The Morgan fingerprint density at radius 3 is 2.41 bits per heavy atom. The van der Waals surface area contributed by atoms with Crippen LogP contribution in [0.4, 0.5) is 5.69 Å². The summed E-state index contributed by atoms with van der Waals surface area (Å²) in [7, 11) is 2.85. The van der Waals surface area contributed by atoms with E-state index in [1.165, 1.54) is 12.0 Å². The van der Waals surface area contributed by atoms with Crippen LogP contribution in [0.3, 0.4) is 0 Å². The fourth-order valence-electron chi connectivity index (χ4n) is 4.28. The van der Waals surface area contributed by atoms with Gasteiger partial charge < -0.3 is 24.3 Å². The number of esters is 1. The second-order valence-corrected chi connectivity index (χ2v) is 8.65. The summed E-state index contributed by atoms with van der Waals surface area (Å²) >= 11 is 0. The van der Waals surface area contributed by atoms with Crippen molar-refractivity contribution in [2.75, 3.05) is 38.9 Å². The maximum absolute atomic E-state index is 13.4. The Kier molecular flexibility index (Phi) is 8.25. The number of anilines is 1. The van der Waals surface area contributed by atoms with Crippen molar-refractivity contribution in [3.05, 3.63) is 70.9 Å². The predicted molar refractivity (Wildman–Crippen MR) is 137 cm³/mol. The molecule has 2 aromatic carbocycles. The fourth-order valence-corrected chi connectivity index (χ4v) is 4.28. The van der Waals surface area contributed by atoms with E-state index in [2.05, 4.69) is 5.32 Å². The van der Waals surface area contributed by atoms with E-state index in [4.69, 9.17) is 18.9 Å². The van der Waals surface area contributed by atoms with Crippen LogP contribution in [-0.4, -0.2) is 57.9 Å². The molecular weight excluding hydrogens is 476 g/mol. The Bertz CT molecular complexity index is 1210. The zero-order chi connectivity index (χ0) is 26.4. The van der Waals surface area contributed by atoms with Crippen LogP contribution in [0.5, 0.6) is 11.5 Å². The number of allylic oxidation sites excluding steroid dienone is 1. The van der Waals surface area contributed by atoms with Crippen LogP contribution in [0, 0.1) is 0 Å². The van der Waals surface area contributed by atoms with Crippen molar-refractivity contribution in [1.82, 2.24) is 5.32 Å². The van der Waals surface area contributed by atoms with E-state index in [1.807, 2.05) is 0 Å². The Balaban J connectivity index is 1.46. The molecule has 0 bridgehead atoms. The van der Waals surface area contributed by atoms with E-state index in [9.17, 15) is 14.4 Å². The zero-order valence-corrected chi connectivity index (χ0v) is 21.1. The van der Waals surface area contributed by atoms with Gasteiger partial charge in [-0.15, -0.1) is 0 Å². The van der Waals surface area contributed by atoms with Gasteiger partial charge in [0.1, 0.15) is 11.5 Å². The SMILES string of the molecule is COC(=O)C1=C(C)N(c2ccc(OC)cc2)C(=O)/C1=C\c1ccc(OCC(=O)NC[C@@H]2CCCO2)cc1. The van der Waals surface area contributed by atoms with Gasteiger partial charge in [-0.25, -0.2) is 4.79 Å². The zero-order valence-electron chi connectivity index (χ0n) is 21.1. The second-order valence-electron chi connectivity index (χ2n) is 8.65. The summed E-state index contributed by atoms with van der Waals surface area (Å²) in [5.74, 6) is 0.00383. The van der Waals surface area contributed by atoms with Crippen molar-refractivity contribution in [3.8, 4) is 11.5 Å². The van der Waals surface area contributed by atoms with Gasteiger partial charge in [-0.3, -0.25) is 14.5 Å². The molecule has 2 amide bonds. The quantitative estimate of drug-likeness (QED) is 0.411. The third kappa shape index (κ3) is 6.00. The molecular formula is C28H30N2O7. The second kappa shape index (κ2) is 11.7. The minimum Gasteiger partial charge on any atom is -0.497 e. The minimum atomic E-state index is -0.595. The molecule has 37 heavy (non-hydrogen) atoms. The number of hydrogen-bond acceptors (Lipinski definition) is 7. The molecule has 194 valence electrons. The fraction of sp³-hybridized carbons (Fsp3) is 0.321. The van der Waals surface area contributed by atoms with Gasteiger partial charge in [0.2, 0.25) is 0 Å². The molecule has 4 rings (SSSR count). The van der Waals surface area contributed by atoms with E-state index in [1.54, 1.807) is 68.6 Å². The molecule has 0 aromatic heterocycles. The van der Waals surface area contributed by atoms with E-state index in [-0.39, 0.29) is 35.7 Å². The molecule has 0 radical (unpaired) electrons. The van der Waals surface area contributed by atoms with Crippen molar-refractivity contribution in [2.45, 2.75) is 25.9 Å².